The SMILES string of the molecule is COc1ccc(C(CC(=O)N(Cc2ccccc2OC)CC2CCCO2)NC(C)=O)cc1. The Kier molecular flexibility index (Phi) is 8.50. The maximum Gasteiger partial charge on any atom is 0.225 e. The number of rotatable bonds is 10. The summed E-state index contributed by atoms with van der Waals surface area (Å²) in [7, 11) is 3.23. The molecule has 7 heteroatoms. The van der Waals surface area contributed by atoms with E-state index in [0.717, 1.165) is 42.1 Å². The lowest BCUT2D eigenvalue weighted by molar-refractivity contribution is -0.134. The van der Waals surface area contributed by atoms with Crippen molar-refractivity contribution in [1.29, 1.82) is 0 Å². The van der Waals surface area contributed by atoms with Gasteiger partial charge < -0.3 is 24.4 Å². The van der Waals surface area contributed by atoms with Gasteiger partial charge >= 0.3 is 0 Å². The fraction of sp³-hybridized carbons (Fsp3) is 0.440. The largest absolute Gasteiger partial charge is 0.497 e. The average molecular weight is 441 g/mol. The predicted molar refractivity (Wildman–Crippen MR) is 122 cm³/mol. The molecule has 2 atom stereocenters. The summed E-state index contributed by atoms with van der Waals surface area (Å²) in [4.78, 5) is 27.1. The molecule has 0 aromatic heterocycles. The van der Waals surface area contributed by atoms with Crippen molar-refractivity contribution < 1.29 is 23.8 Å². The molecular weight excluding hydrogens is 408 g/mol. The lowest BCUT2D eigenvalue weighted by Crippen LogP contribution is -2.39. The van der Waals surface area contributed by atoms with Crippen LogP contribution in [0.25, 0.3) is 0 Å². The van der Waals surface area contributed by atoms with Crippen molar-refractivity contribution in [1.82, 2.24) is 10.2 Å². The zero-order valence-electron chi connectivity index (χ0n) is 19.0. The second-order valence-electron chi connectivity index (χ2n) is 7.95. The number of benzene rings is 2. The highest BCUT2D eigenvalue weighted by molar-refractivity contribution is 5.79. The van der Waals surface area contributed by atoms with Crippen LogP contribution in [0.3, 0.4) is 0 Å². The molecule has 2 aromatic carbocycles. The zero-order valence-corrected chi connectivity index (χ0v) is 19.0. The molecule has 7 nitrogen and oxygen atoms in total. The molecule has 3 rings (SSSR count). The monoisotopic (exact) mass is 440 g/mol. The molecule has 1 N–H and O–H groups in total. The molecule has 32 heavy (non-hydrogen) atoms. The van der Waals surface area contributed by atoms with E-state index in [-0.39, 0.29) is 24.3 Å². The number of nitrogens with one attached hydrogen (secondary N) is 1. The Morgan fingerprint density at radius 2 is 1.88 bits per heavy atom. The van der Waals surface area contributed by atoms with E-state index in [2.05, 4.69) is 5.32 Å². The summed E-state index contributed by atoms with van der Waals surface area (Å²) in [6.45, 7) is 3.10. The van der Waals surface area contributed by atoms with Gasteiger partial charge in [0, 0.05) is 32.2 Å². The van der Waals surface area contributed by atoms with Crippen molar-refractivity contribution in [3.63, 3.8) is 0 Å². The van der Waals surface area contributed by atoms with E-state index in [4.69, 9.17) is 14.2 Å². The van der Waals surface area contributed by atoms with Gasteiger partial charge in [-0.25, -0.2) is 0 Å². The molecule has 0 aliphatic carbocycles. The van der Waals surface area contributed by atoms with Gasteiger partial charge in [-0.15, -0.1) is 0 Å². The summed E-state index contributed by atoms with van der Waals surface area (Å²) in [5.41, 5.74) is 1.78. The second-order valence-corrected chi connectivity index (χ2v) is 7.95. The van der Waals surface area contributed by atoms with Crippen molar-refractivity contribution in [2.24, 2.45) is 0 Å². The molecule has 1 saturated heterocycles. The van der Waals surface area contributed by atoms with Crippen molar-refractivity contribution in [3.05, 3.63) is 59.7 Å². The van der Waals surface area contributed by atoms with Gasteiger partial charge in [0.1, 0.15) is 11.5 Å². The average Bonchev–Trinajstić information content (AvgIpc) is 3.31. The summed E-state index contributed by atoms with van der Waals surface area (Å²) >= 11 is 0. The highest BCUT2D eigenvalue weighted by Crippen LogP contribution is 2.25. The summed E-state index contributed by atoms with van der Waals surface area (Å²) in [6.07, 6.45) is 2.10. The molecule has 2 unspecified atom stereocenters. The fourth-order valence-corrected chi connectivity index (χ4v) is 3.97. The van der Waals surface area contributed by atoms with Crippen molar-refractivity contribution >= 4 is 11.8 Å². The van der Waals surface area contributed by atoms with E-state index in [0.29, 0.717) is 13.1 Å². The van der Waals surface area contributed by atoms with Crippen LogP contribution in [-0.2, 0) is 20.9 Å². The molecule has 0 spiro atoms. The van der Waals surface area contributed by atoms with Crippen molar-refractivity contribution in [2.75, 3.05) is 27.4 Å². The van der Waals surface area contributed by atoms with Crippen LogP contribution in [0.1, 0.15) is 43.4 Å². The van der Waals surface area contributed by atoms with Crippen LogP contribution in [0.5, 0.6) is 11.5 Å². The van der Waals surface area contributed by atoms with E-state index in [9.17, 15) is 9.59 Å². The van der Waals surface area contributed by atoms with Gasteiger partial charge in [-0.2, -0.15) is 0 Å². The van der Waals surface area contributed by atoms with Crippen LogP contribution in [0, 0.1) is 0 Å². The number of hydrogen-bond donors (Lipinski definition) is 1. The quantitative estimate of drug-likeness (QED) is 0.612. The van der Waals surface area contributed by atoms with E-state index in [1.54, 1.807) is 14.2 Å². The van der Waals surface area contributed by atoms with Gasteiger partial charge in [-0.3, -0.25) is 9.59 Å². The second kappa shape index (κ2) is 11.5. The Morgan fingerprint density at radius 1 is 1.12 bits per heavy atom. The Morgan fingerprint density at radius 3 is 2.50 bits per heavy atom. The normalized spacial score (nSPS) is 16.3. The van der Waals surface area contributed by atoms with Crippen LogP contribution < -0.4 is 14.8 Å². The Bertz CT molecular complexity index is 893. The molecule has 1 heterocycles. The third kappa shape index (κ3) is 6.47. The lowest BCUT2D eigenvalue weighted by atomic mass is 10.0. The first-order chi connectivity index (χ1) is 15.5. The lowest BCUT2D eigenvalue weighted by Gasteiger charge is -2.28. The van der Waals surface area contributed by atoms with Gasteiger partial charge in [-0.1, -0.05) is 30.3 Å². The molecule has 1 aliphatic rings. The van der Waals surface area contributed by atoms with Gasteiger partial charge in [0.25, 0.3) is 0 Å². The first-order valence-corrected chi connectivity index (χ1v) is 10.9. The van der Waals surface area contributed by atoms with Gasteiger partial charge in [0.2, 0.25) is 11.8 Å². The zero-order chi connectivity index (χ0) is 22.9. The van der Waals surface area contributed by atoms with Crippen molar-refractivity contribution in [2.45, 2.75) is 44.9 Å². The Hall–Kier alpha value is -3.06. The maximum atomic E-state index is 13.5. The summed E-state index contributed by atoms with van der Waals surface area (Å²) < 4.78 is 16.5. The number of methoxy groups -OCH3 is 2. The fourth-order valence-electron chi connectivity index (χ4n) is 3.97. The number of ether oxygens (including phenoxy) is 3. The van der Waals surface area contributed by atoms with E-state index in [1.807, 2.05) is 53.4 Å². The number of hydrogen-bond acceptors (Lipinski definition) is 5. The molecule has 1 fully saturated rings. The van der Waals surface area contributed by atoms with Gasteiger partial charge in [-0.05, 0) is 36.6 Å². The molecule has 0 radical (unpaired) electrons. The molecular formula is C25H32N2O5. The summed E-state index contributed by atoms with van der Waals surface area (Å²) in [5.74, 6) is 1.22. The van der Waals surface area contributed by atoms with Crippen LogP contribution in [0.4, 0.5) is 0 Å². The predicted octanol–water partition coefficient (Wildman–Crippen LogP) is 3.48. The number of carbonyl (C=O) groups is 2. The number of nitrogens with zero attached hydrogens (tertiary/aromatic N) is 1. The Labute approximate surface area is 189 Å². The van der Waals surface area contributed by atoms with Gasteiger partial charge in [0.15, 0.2) is 0 Å². The third-order valence-corrected chi connectivity index (χ3v) is 5.63. The minimum atomic E-state index is -0.435. The maximum absolute atomic E-state index is 13.5. The van der Waals surface area contributed by atoms with Crippen molar-refractivity contribution in [3.8, 4) is 11.5 Å². The number of amides is 2. The topological polar surface area (TPSA) is 77.1 Å². The van der Waals surface area contributed by atoms with Gasteiger partial charge in [0.05, 0.1) is 32.8 Å². The molecule has 2 amide bonds. The van der Waals surface area contributed by atoms with E-state index in [1.165, 1.54) is 6.92 Å². The van der Waals surface area contributed by atoms with Crippen LogP contribution in [0.2, 0.25) is 0 Å². The number of para-hydroxylation sites is 1. The molecule has 1 aliphatic heterocycles. The highest BCUT2D eigenvalue weighted by Gasteiger charge is 2.26. The molecule has 0 saturated carbocycles. The minimum Gasteiger partial charge on any atom is -0.497 e. The van der Waals surface area contributed by atoms with E-state index >= 15 is 0 Å². The standard InChI is InChI=1S/C25H32N2O5/c1-18(28)26-23(19-10-12-21(30-2)13-11-19)15-25(29)27(17-22-8-6-14-32-22)16-20-7-4-5-9-24(20)31-3/h4-5,7,9-13,22-23H,6,8,14-17H2,1-3H3,(H,26,28). The van der Waals surface area contributed by atoms with Crippen LogP contribution >= 0.6 is 0 Å². The smallest absolute Gasteiger partial charge is 0.225 e. The number of carbonyl (C=O) groups excluding carboxylic acids is 2. The first kappa shape index (κ1) is 23.6. The highest BCUT2D eigenvalue weighted by atomic mass is 16.5. The molecule has 2 aromatic rings. The van der Waals surface area contributed by atoms with E-state index < -0.39 is 6.04 Å². The first-order valence-electron chi connectivity index (χ1n) is 10.9. The Balaban J connectivity index is 1.80. The summed E-state index contributed by atoms with van der Waals surface area (Å²) in [6, 6.07) is 14.7. The summed E-state index contributed by atoms with van der Waals surface area (Å²) in [5, 5.41) is 2.92. The molecule has 172 valence electrons. The van der Waals surface area contributed by atoms with Crippen LogP contribution in [0.15, 0.2) is 48.5 Å². The van der Waals surface area contributed by atoms with Crippen LogP contribution in [-0.4, -0.2) is 50.2 Å². The third-order valence-electron chi connectivity index (χ3n) is 5.63. The minimum absolute atomic E-state index is 0.0221. The molecule has 0 bridgehead atoms.